The van der Waals surface area contributed by atoms with E-state index in [2.05, 4.69) is 5.32 Å². The Labute approximate surface area is 160 Å². The van der Waals surface area contributed by atoms with Crippen LogP contribution in [0.2, 0.25) is 0 Å². The number of rotatable bonds is 5. The summed E-state index contributed by atoms with van der Waals surface area (Å²) in [5, 5.41) is 2.64. The van der Waals surface area contributed by atoms with Gasteiger partial charge in [0, 0.05) is 6.42 Å². The quantitative estimate of drug-likeness (QED) is 0.632. The van der Waals surface area contributed by atoms with Crippen molar-refractivity contribution in [3.05, 3.63) is 59.4 Å². The van der Waals surface area contributed by atoms with Crippen molar-refractivity contribution in [3.63, 3.8) is 0 Å². The van der Waals surface area contributed by atoms with Crippen LogP contribution in [-0.2, 0) is 11.2 Å². The molecule has 2 aromatic rings. The molecule has 0 radical (unpaired) electrons. The molecule has 2 aliphatic heterocycles. The van der Waals surface area contributed by atoms with Gasteiger partial charge in [-0.2, -0.15) is 0 Å². The molecule has 2 heterocycles. The van der Waals surface area contributed by atoms with E-state index in [1.807, 2.05) is 0 Å². The number of fused-ring (bicyclic) bond motifs is 1. The minimum absolute atomic E-state index is 0.137. The maximum absolute atomic E-state index is 13.8. The Balaban J connectivity index is 1.51. The van der Waals surface area contributed by atoms with Gasteiger partial charge in [0.05, 0.1) is 12.1 Å². The van der Waals surface area contributed by atoms with Crippen molar-refractivity contribution in [1.82, 2.24) is 10.2 Å². The molecule has 1 atom stereocenters. The van der Waals surface area contributed by atoms with Gasteiger partial charge in [0.25, 0.3) is 5.91 Å². The first-order valence-corrected chi connectivity index (χ1v) is 8.68. The molecule has 4 rings (SSSR count). The number of halogens is 1. The van der Waals surface area contributed by atoms with Gasteiger partial charge in [-0.15, -0.1) is 0 Å². The van der Waals surface area contributed by atoms with Gasteiger partial charge >= 0.3 is 6.03 Å². The molecule has 2 aliphatic rings. The second kappa shape index (κ2) is 6.63. The Morgan fingerprint density at radius 3 is 2.71 bits per heavy atom. The third-order valence-electron chi connectivity index (χ3n) is 4.82. The van der Waals surface area contributed by atoms with Crippen LogP contribution in [0.15, 0.2) is 42.5 Å². The molecule has 0 spiro atoms. The predicted molar refractivity (Wildman–Crippen MR) is 95.6 cm³/mol. The summed E-state index contributed by atoms with van der Waals surface area (Å²) in [4.78, 5) is 38.4. The van der Waals surface area contributed by atoms with Gasteiger partial charge in [-0.1, -0.05) is 18.2 Å². The van der Waals surface area contributed by atoms with E-state index in [1.54, 1.807) is 25.1 Å². The first-order chi connectivity index (χ1) is 13.4. The number of Topliss-reactive ketones (excluding diaryl/α,β-unsaturated/α-hetero) is 1. The van der Waals surface area contributed by atoms with Crippen molar-refractivity contribution >= 4 is 17.7 Å². The van der Waals surface area contributed by atoms with E-state index < -0.39 is 35.6 Å². The number of carbonyl (C=O) groups excluding carboxylic acids is 3. The zero-order valence-corrected chi connectivity index (χ0v) is 15.0. The summed E-state index contributed by atoms with van der Waals surface area (Å²) in [6.45, 7) is 1.20. The zero-order chi connectivity index (χ0) is 19.9. The minimum atomic E-state index is -1.22. The van der Waals surface area contributed by atoms with Crippen molar-refractivity contribution in [2.45, 2.75) is 18.9 Å². The monoisotopic (exact) mass is 384 g/mol. The van der Waals surface area contributed by atoms with Crippen LogP contribution in [0, 0.1) is 5.82 Å². The van der Waals surface area contributed by atoms with Crippen LogP contribution in [0.3, 0.4) is 0 Å². The smallest absolute Gasteiger partial charge is 0.325 e. The molecular formula is C20H17FN2O5. The van der Waals surface area contributed by atoms with Crippen LogP contribution in [0.1, 0.15) is 22.8 Å². The number of nitrogens with zero attached hydrogens (tertiary/aromatic N) is 1. The van der Waals surface area contributed by atoms with E-state index >= 15 is 0 Å². The molecular weight excluding hydrogens is 367 g/mol. The third-order valence-corrected chi connectivity index (χ3v) is 4.82. The SMILES string of the molecule is C[C@]1(Cc2ccc3c(c2)OCO3)NC(=O)N(CC(=O)c2ccccc2F)C1=O. The topological polar surface area (TPSA) is 84.9 Å². The summed E-state index contributed by atoms with van der Waals surface area (Å²) in [6.07, 6.45) is 0.207. The van der Waals surface area contributed by atoms with Crippen molar-refractivity contribution in [2.24, 2.45) is 0 Å². The summed E-state index contributed by atoms with van der Waals surface area (Å²) in [7, 11) is 0. The first kappa shape index (κ1) is 18.0. The van der Waals surface area contributed by atoms with Gasteiger partial charge in [-0.05, 0) is 36.8 Å². The number of imide groups is 1. The predicted octanol–water partition coefficient (Wildman–Crippen LogP) is 2.29. The van der Waals surface area contributed by atoms with Gasteiger partial charge in [0.2, 0.25) is 6.79 Å². The number of benzene rings is 2. The van der Waals surface area contributed by atoms with Crippen LogP contribution in [0.25, 0.3) is 0 Å². The second-order valence-corrected chi connectivity index (χ2v) is 6.92. The molecule has 1 fully saturated rings. The normalized spacial score (nSPS) is 20.4. The Bertz CT molecular complexity index is 992. The number of amides is 3. The van der Waals surface area contributed by atoms with Crippen LogP contribution in [0.4, 0.5) is 9.18 Å². The number of urea groups is 1. The molecule has 0 bridgehead atoms. The highest BCUT2D eigenvalue weighted by Crippen LogP contribution is 2.34. The molecule has 1 saturated heterocycles. The van der Waals surface area contributed by atoms with Crippen LogP contribution in [-0.4, -0.2) is 41.5 Å². The lowest BCUT2D eigenvalue weighted by atomic mass is 9.92. The van der Waals surface area contributed by atoms with Crippen LogP contribution >= 0.6 is 0 Å². The van der Waals surface area contributed by atoms with Crippen molar-refractivity contribution in [2.75, 3.05) is 13.3 Å². The lowest BCUT2D eigenvalue weighted by Crippen LogP contribution is -2.46. The van der Waals surface area contributed by atoms with Crippen molar-refractivity contribution in [3.8, 4) is 11.5 Å². The number of hydrogen-bond acceptors (Lipinski definition) is 5. The largest absolute Gasteiger partial charge is 0.454 e. The Morgan fingerprint density at radius 1 is 1.18 bits per heavy atom. The summed E-state index contributed by atoms with van der Waals surface area (Å²) in [5.41, 5.74) is -0.615. The molecule has 28 heavy (non-hydrogen) atoms. The lowest BCUT2D eigenvalue weighted by molar-refractivity contribution is -0.130. The molecule has 0 unspecified atom stereocenters. The highest BCUT2D eigenvalue weighted by Gasteiger charge is 2.48. The van der Waals surface area contributed by atoms with Gasteiger partial charge in [-0.25, -0.2) is 9.18 Å². The van der Waals surface area contributed by atoms with Gasteiger partial charge in [0.1, 0.15) is 11.4 Å². The second-order valence-electron chi connectivity index (χ2n) is 6.92. The molecule has 8 heteroatoms. The lowest BCUT2D eigenvalue weighted by Gasteiger charge is -2.21. The first-order valence-electron chi connectivity index (χ1n) is 8.68. The van der Waals surface area contributed by atoms with E-state index in [0.29, 0.717) is 11.5 Å². The number of nitrogens with one attached hydrogen (secondary N) is 1. The van der Waals surface area contributed by atoms with Crippen LogP contribution < -0.4 is 14.8 Å². The molecule has 0 saturated carbocycles. The zero-order valence-electron chi connectivity index (χ0n) is 15.0. The summed E-state index contributed by atoms with van der Waals surface area (Å²) >= 11 is 0. The van der Waals surface area contributed by atoms with E-state index in [0.717, 1.165) is 16.5 Å². The minimum Gasteiger partial charge on any atom is -0.454 e. The van der Waals surface area contributed by atoms with E-state index in [4.69, 9.17) is 9.47 Å². The molecule has 1 N–H and O–H groups in total. The van der Waals surface area contributed by atoms with E-state index in [1.165, 1.54) is 18.2 Å². The van der Waals surface area contributed by atoms with Gasteiger partial charge < -0.3 is 14.8 Å². The summed E-state index contributed by atoms with van der Waals surface area (Å²) in [5.74, 6) is -0.686. The summed E-state index contributed by atoms with van der Waals surface area (Å²) < 4.78 is 24.4. The maximum atomic E-state index is 13.8. The average Bonchev–Trinajstić information content (AvgIpc) is 3.20. The van der Waals surface area contributed by atoms with Gasteiger partial charge in [-0.3, -0.25) is 14.5 Å². The number of hydrogen-bond donors (Lipinski definition) is 1. The molecule has 0 aromatic heterocycles. The third kappa shape index (κ3) is 3.06. The number of carbonyl (C=O) groups is 3. The molecule has 0 aliphatic carbocycles. The summed E-state index contributed by atoms with van der Waals surface area (Å²) in [6, 6.07) is 10.0. The average molecular weight is 384 g/mol. The highest BCUT2D eigenvalue weighted by atomic mass is 19.1. The van der Waals surface area contributed by atoms with Crippen LogP contribution in [0.5, 0.6) is 11.5 Å². The van der Waals surface area contributed by atoms with Crippen molar-refractivity contribution < 1.29 is 28.2 Å². The molecule has 2 aromatic carbocycles. The van der Waals surface area contributed by atoms with E-state index in [-0.39, 0.29) is 18.8 Å². The Morgan fingerprint density at radius 2 is 1.93 bits per heavy atom. The molecule has 7 nitrogen and oxygen atoms in total. The standard InChI is InChI=1S/C20H17FN2O5/c1-20(9-12-6-7-16-17(8-12)28-11-27-16)18(25)23(19(26)22-20)10-15(24)13-4-2-3-5-14(13)21/h2-8H,9-11H2,1H3,(H,22,26)/t20-/m1/s1. The fourth-order valence-electron chi connectivity index (χ4n) is 3.39. The Kier molecular flexibility index (Phi) is 4.26. The molecule has 3 amide bonds. The van der Waals surface area contributed by atoms with Gasteiger partial charge in [0.15, 0.2) is 17.3 Å². The highest BCUT2D eigenvalue weighted by molar-refractivity contribution is 6.11. The fraction of sp³-hybridized carbons (Fsp3) is 0.250. The maximum Gasteiger partial charge on any atom is 0.325 e. The number of ketones is 1. The van der Waals surface area contributed by atoms with E-state index in [9.17, 15) is 18.8 Å². The Hall–Kier alpha value is -3.42. The number of ether oxygens (including phenoxy) is 2. The fourth-order valence-corrected chi connectivity index (χ4v) is 3.39. The molecule has 144 valence electrons. The van der Waals surface area contributed by atoms with Crippen molar-refractivity contribution in [1.29, 1.82) is 0 Å².